The summed E-state index contributed by atoms with van der Waals surface area (Å²) in [6.07, 6.45) is 2.98. The number of aromatic nitrogens is 1. The first-order valence-corrected chi connectivity index (χ1v) is 6.05. The molecule has 0 fully saturated rings. The molecular weight excluding hydrogens is 200 g/mol. The summed E-state index contributed by atoms with van der Waals surface area (Å²) in [7, 11) is 0. The van der Waals surface area contributed by atoms with E-state index in [0.29, 0.717) is 18.5 Å². The fourth-order valence-corrected chi connectivity index (χ4v) is 1.82. The van der Waals surface area contributed by atoms with Gasteiger partial charge >= 0.3 is 0 Å². The van der Waals surface area contributed by atoms with Crippen LogP contribution in [0.1, 0.15) is 34.1 Å². The highest BCUT2D eigenvalue weighted by atomic mass is 16.1. The van der Waals surface area contributed by atoms with Crippen molar-refractivity contribution in [2.75, 3.05) is 5.32 Å². The monoisotopic (exact) mass is 222 g/mol. The SMILES string of the molecule is CCC(Nc1ccc(=O)n(CC)c1)C(C)C. The van der Waals surface area contributed by atoms with Crippen LogP contribution in [0.15, 0.2) is 23.1 Å². The van der Waals surface area contributed by atoms with E-state index >= 15 is 0 Å². The standard InChI is InChI=1S/C13H22N2O/c1-5-12(10(3)4)14-11-7-8-13(16)15(6-2)9-11/h7-10,12,14H,5-6H2,1-4H3. The molecule has 0 spiro atoms. The molecule has 1 atom stereocenters. The van der Waals surface area contributed by atoms with Gasteiger partial charge < -0.3 is 9.88 Å². The fraction of sp³-hybridized carbons (Fsp3) is 0.615. The van der Waals surface area contributed by atoms with E-state index in [2.05, 4.69) is 26.1 Å². The lowest BCUT2D eigenvalue weighted by atomic mass is 10.0. The van der Waals surface area contributed by atoms with Gasteiger partial charge in [-0.25, -0.2) is 0 Å². The van der Waals surface area contributed by atoms with Crippen LogP contribution in [0.4, 0.5) is 5.69 Å². The van der Waals surface area contributed by atoms with E-state index in [1.807, 2.05) is 19.2 Å². The van der Waals surface area contributed by atoms with Crippen molar-refractivity contribution in [3.8, 4) is 0 Å². The molecule has 0 aliphatic rings. The van der Waals surface area contributed by atoms with E-state index in [-0.39, 0.29) is 5.56 Å². The summed E-state index contributed by atoms with van der Waals surface area (Å²) in [4.78, 5) is 11.4. The Morgan fingerprint density at radius 2 is 2.00 bits per heavy atom. The van der Waals surface area contributed by atoms with Gasteiger partial charge in [0.05, 0.1) is 5.69 Å². The summed E-state index contributed by atoms with van der Waals surface area (Å²) >= 11 is 0. The van der Waals surface area contributed by atoms with E-state index < -0.39 is 0 Å². The summed E-state index contributed by atoms with van der Waals surface area (Å²) < 4.78 is 1.72. The Morgan fingerprint density at radius 1 is 1.31 bits per heavy atom. The normalized spacial score (nSPS) is 12.8. The molecule has 1 N–H and O–H groups in total. The van der Waals surface area contributed by atoms with Crippen LogP contribution < -0.4 is 10.9 Å². The van der Waals surface area contributed by atoms with E-state index in [1.165, 1.54) is 0 Å². The van der Waals surface area contributed by atoms with Crippen molar-refractivity contribution in [2.45, 2.75) is 46.7 Å². The number of anilines is 1. The molecule has 0 aliphatic heterocycles. The number of rotatable bonds is 5. The van der Waals surface area contributed by atoms with Crippen molar-refractivity contribution in [3.63, 3.8) is 0 Å². The molecule has 0 aromatic carbocycles. The van der Waals surface area contributed by atoms with Gasteiger partial charge in [0.1, 0.15) is 0 Å². The third kappa shape index (κ3) is 3.12. The van der Waals surface area contributed by atoms with Crippen molar-refractivity contribution >= 4 is 5.69 Å². The maximum Gasteiger partial charge on any atom is 0.250 e. The lowest BCUT2D eigenvalue weighted by Crippen LogP contribution is -2.26. The molecule has 1 aromatic heterocycles. The van der Waals surface area contributed by atoms with Gasteiger partial charge in [0.25, 0.3) is 5.56 Å². The Morgan fingerprint density at radius 3 is 2.50 bits per heavy atom. The van der Waals surface area contributed by atoms with Crippen LogP contribution in [0.2, 0.25) is 0 Å². The first-order valence-electron chi connectivity index (χ1n) is 6.05. The minimum absolute atomic E-state index is 0.0608. The highest BCUT2D eigenvalue weighted by molar-refractivity contribution is 5.41. The molecule has 0 radical (unpaired) electrons. The van der Waals surface area contributed by atoms with Gasteiger partial charge in [0.15, 0.2) is 0 Å². The molecule has 1 heterocycles. The van der Waals surface area contributed by atoms with Crippen LogP contribution in [0.3, 0.4) is 0 Å². The van der Waals surface area contributed by atoms with Crippen LogP contribution in [0.25, 0.3) is 0 Å². The van der Waals surface area contributed by atoms with Gasteiger partial charge in [-0.1, -0.05) is 20.8 Å². The molecule has 1 rings (SSSR count). The van der Waals surface area contributed by atoms with Gasteiger partial charge in [-0.2, -0.15) is 0 Å². The Kier molecular flexibility index (Phi) is 4.59. The van der Waals surface area contributed by atoms with Gasteiger partial charge in [-0.3, -0.25) is 4.79 Å². The predicted octanol–water partition coefficient (Wildman–Crippen LogP) is 2.71. The smallest absolute Gasteiger partial charge is 0.250 e. The number of nitrogens with zero attached hydrogens (tertiary/aromatic N) is 1. The Bertz CT molecular complexity index is 382. The van der Waals surface area contributed by atoms with Crippen LogP contribution in [0, 0.1) is 5.92 Å². The minimum Gasteiger partial charge on any atom is -0.381 e. The van der Waals surface area contributed by atoms with Crippen molar-refractivity contribution in [3.05, 3.63) is 28.7 Å². The number of hydrogen-bond acceptors (Lipinski definition) is 2. The highest BCUT2D eigenvalue weighted by Gasteiger charge is 2.10. The summed E-state index contributed by atoms with van der Waals surface area (Å²) in [5, 5.41) is 3.47. The second-order valence-electron chi connectivity index (χ2n) is 4.45. The molecule has 3 nitrogen and oxygen atoms in total. The number of hydrogen-bond donors (Lipinski definition) is 1. The van der Waals surface area contributed by atoms with Gasteiger partial charge in [-0.05, 0) is 25.3 Å². The lowest BCUT2D eigenvalue weighted by Gasteiger charge is -2.22. The molecule has 0 amide bonds. The molecular formula is C13H22N2O. The summed E-state index contributed by atoms with van der Waals surface area (Å²) in [5.41, 5.74) is 1.09. The van der Waals surface area contributed by atoms with Crippen molar-refractivity contribution in [2.24, 2.45) is 5.92 Å². The average Bonchev–Trinajstić information content (AvgIpc) is 2.27. The van der Waals surface area contributed by atoms with Crippen LogP contribution in [-0.2, 0) is 6.54 Å². The van der Waals surface area contributed by atoms with Gasteiger partial charge in [0.2, 0.25) is 0 Å². The molecule has 0 saturated carbocycles. The van der Waals surface area contributed by atoms with Crippen LogP contribution >= 0.6 is 0 Å². The van der Waals surface area contributed by atoms with E-state index in [4.69, 9.17) is 0 Å². The molecule has 1 unspecified atom stereocenters. The summed E-state index contributed by atoms with van der Waals surface area (Å²) in [6, 6.07) is 3.95. The first kappa shape index (κ1) is 12.8. The molecule has 0 aliphatic carbocycles. The van der Waals surface area contributed by atoms with Crippen LogP contribution in [0.5, 0.6) is 0 Å². The maximum absolute atomic E-state index is 11.4. The van der Waals surface area contributed by atoms with E-state index in [1.54, 1.807) is 10.6 Å². The van der Waals surface area contributed by atoms with Crippen molar-refractivity contribution in [1.82, 2.24) is 4.57 Å². The van der Waals surface area contributed by atoms with Gasteiger partial charge in [-0.15, -0.1) is 0 Å². The number of pyridine rings is 1. The van der Waals surface area contributed by atoms with Gasteiger partial charge in [0, 0.05) is 24.8 Å². The number of nitrogens with one attached hydrogen (secondary N) is 1. The second-order valence-corrected chi connectivity index (χ2v) is 4.45. The highest BCUT2D eigenvalue weighted by Crippen LogP contribution is 2.13. The molecule has 3 heteroatoms. The quantitative estimate of drug-likeness (QED) is 0.831. The largest absolute Gasteiger partial charge is 0.381 e. The topological polar surface area (TPSA) is 34.0 Å². The molecule has 1 aromatic rings. The first-order chi connectivity index (χ1) is 7.58. The third-order valence-electron chi connectivity index (χ3n) is 2.92. The summed E-state index contributed by atoms with van der Waals surface area (Å²) in [5.74, 6) is 0.590. The fourth-order valence-electron chi connectivity index (χ4n) is 1.82. The predicted molar refractivity (Wildman–Crippen MR) is 68.9 cm³/mol. The zero-order valence-corrected chi connectivity index (χ0v) is 10.7. The second kappa shape index (κ2) is 5.73. The Labute approximate surface area is 97.5 Å². The zero-order valence-electron chi connectivity index (χ0n) is 10.7. The zero-order chi connectivity index (χ0) is 12.1. The molecule has 16 heavy (non-hydrogen) atoms. The summed E-state index contributed by atoms with van der Waals surface area (Å²) in [6.45, 7) is 9.28. The van der Waals surface area contributed by atoms with Crippen molar-refractivity contribution in [1.29, 1.82) is 0 Å². The average molecular weight is 222 g/mol. The number of aryl methyl sites for hydroxylation is 1. The van der Waals surface area contributed by atoms with E-state index in [0.717, 1.165) is 12.1 Å². The Balaban J connectivity index is 2.85. The lowest BCUT2D eigenvalue weighted by molar-refractivity contribution is 0.510. The van der Waals surface area contributed by atoms with E-state index in [9.17, 15) is 4.79 Å². The minimum atomic E-state index is 0.0608. The van der Waals surface area contributed by atoms with Crippen LogP contribution in [-0.4, -0.2) is 10.6 Å². The molecule has 90 valence electrons. The third-order valence-corrected chi connectivity index (χ3v) is 2.92. The Hall–Kier alpha value is -1.25. The molecule has 0 saturated heterocycles. The maximum atomic E-state index is 11.4. The van der Waals surface area contributed by atoms with Crippen molar-refractivity contribution < 1.29 is 0 Å². The molecule has 0 bridgehead atoms.